The van der Waals surface area contributed by atoms with Gasteiger partial charge in [0.1, 0.15) is 5.82 Å². The zero-order valence-corrected chi connectivity index (χ0v) is 8.28. The van der Waals surface area contributed by atoms with Crippen LogP contribution in [0.25, 0.3) is 0 Å². The number of pyridine rings is 1. The predicted octanol–water partition coefficient (Wildman–Crippen LogP) is -0.860. The van der Waals surface area contributed by atoms with Gasteiger partial charge in [0.2, 0.25) is 5.91 Å². The number of anilines is 1. The molecule has 15 heavy (non-hydrogen) atoms. The minimum Gasteiger partial charge on any atom is -0.383 e. The van der Waals surface area contributed by atoms with Crippen LogP contribution in [0.3, 0.4) is 0 Å². The first-order valence-electron chi connectivity index (χ1n) is 4.34. The van der Waals surface area contributed by atoms with E-state index in [1.54, 1.807) is 12.1 Å². The quantitative estimate of drug-likeness (QED) is 0.602. The Kier molecular flexibility index (Phi) is 3.61. The van der Waals surface area contributed by atoms with Crippen LogP contribution in [0, 0.1) is 0 Å². The van der Waals surface area contributed by atoms with Gasteiger partial charge in [-0.15, -0.1) is 0 Å². The minimum absolute atomic E-state index is 0.0797. The highest BCUT2D eigenvalue weighted by atomic mass is 16.2. The molecule has 0 radical (unpaired) electrons. The van der Waals surface area contributed by atoms with Crippen molar-refractivity contribution >= 4 is 17.6 Å². The van der Waals surface area contributed by atoms with E-state index in [9.17, 15) is 9.59 Å². The lowest BCUT2D eigenvalue weighted by molar-refractivity contribution is -0.119. The molecule has 0 fully saturated rings. The average Bonchev–Trinajstić information content (AvgIpc) is 2.26. The molecule has 0 saturated heterocycles. The molecule has 0 atom stereocenters. The third-order valence-corrected chi connectivity index (χ3v) is 1.77. The molecule has 1 aromatic rings. The minimum atomic E-state index is -0.413. The summed E-state index contributed by atoms with van der Waals surface area (Å²) in [6.07, 6.45) is 1.49. The van der Waals surface area contributed by atoms with Crippen molar-refractivity contribution in [2.24, 2.45) is 0 Å². The SMILES string of the molecule is CNC(=O)CNC(=O)c1cccnc1N. The maximum atomic E-state index is 11.5. The number of amides is 2. The standard InChI is InChI=1S/C9H12N4O2/c1-11-7(14)5-13-9(15)6-3-2-4-12-8(6)10/h2-4H,5H2,1H3,(H2,10,12)(H,11,14)(H,13,15). The van der Waals surface area contributed by atoms with Crippen molar-refractivity contribution in [1.29, 1.82) is 0 Å². The summed E-state index contributed by atoms with van der Waals surface area (Å²) in [5.74, 6) is -0.540. The Hall–Kier alpha value is -2.11. The van der Waals surface area contributed by atoms with Crippen molar-refractivity contribution in [3.05, 3.63) is 23.9 Å². The molecule has 0 aliphatic rings. The second-order valence-electron chi connectivity index (χ2n) is 2.79. The third kappa shape index (κ3) is 2.94. The lowest BCUT2D eigenvalue weighted by Gasteiger charge is -2.05. The van der Waals surface area contributed by atoms with Gasteiger partial charge in [0.15, 0.2) is 0 Å². The van der Waals surface area contributed by atoms with Crippen LogP contribution in [0.5, 0.6) is 0 Å². The summed E-state index contributed by atoms with van der Waals surface area (Å²) < 4.78 is 0. The summed E-state index contributed by atoms with van der Waals surface area (Å²) in [5, 5.41) is 4.81. The first-order chi connectivity index (χ1) is 7.15. The van der Waals surface area contributed by atoms with E-state index in [1.807, 2.05) is 0 Å². The number of likely N-dealkylation sites (N-methyl/N-ethyl adjacent to an activating group) is 1. The number of hydrogen-bond donors (Lipinski definition) is 3. The molecule has 0 aliphatic heterocycles. The maximum absolute atomic E-state index is 11.5. The molecule has 0 unspecified atom stereocenters. The number of nitrogens with zero attached hydrogens (tertiary/aromatic N) is 1. The molecule has 6 nitrogen and oxygen atoms in total. The molecule has 4 N–H and O–H groups in total. The monoisotopic (exact) mass is 208 g/mol. The number of aromatic nitrogens is 1. The van der Waals surface area contributed by atoms with E-state index >= 15 is 0 Å². The van der Waals surface area contributed by atoms with Gasteiger partial charge in [0.05, 0.1) is 12.1 Å². The lowest BCUT2D eigenvalue weighted by Crippen LogP contribution is -2.35. The lowest BCUT2D eigenvalue weighted by atomic mass is 10.2. The molecule has 0 aromatic carbocycles. The summed E-state index contributed by atoms with van der Waals surface area (Å²) in [4.78, 5) is 26.1. The predicted molar refractivity (Wildman–Crippen MR) is 55.0 cm³/mol. The van der Waals surface area contributed by atoms with Crippen LogP contribution in [-0.4, -0.2) is 30.4 Å². The molecular formula is C9H12N4O2. The van der Waals surface area contributed by atoms with Crippen molar-refractivity contribution < 1.29 is 9.59 Å². The first-order valence-corrected chi connectivity index (χ1v) is 4.34. The Morgan fingerprint density at radius 3 is 2.87 bits per heavy atom. The molecule has 1 rings (SSSR count). The molecule has 1 aromatic heterocycles. The second kappa shape index (κ2) is 4.94. The Balaban J connectivity index is 2.62. The Morgan fingerprint density at radius 1 is 1.53 bits per heavy atom. The van der Waals surface area contributed by atoms with Crippen LogP contribution in [0.15, 0.2) is 18.3 Å². The fourth-order valence-corrected chi connectivity index (χ4v) is 0.954. The fourth-order valence-electron chi connectivity index (χ4n) is 0.954. The summed E-state index contributed by atoms with van der Waals surface area (Å²) in [6, 6.07) is 3.15. The van der Waals surface area contributed by atoms with Gasteiger partial charge in [-0.25, -0.2) is 4.98 Å². The smallest absolute Gasteiger partial charge is 0.255 e. The summed E-state index contributed by atoms with van der Waals surface area (Å²) in [7, 11) is 1.49. The molecule has 80 valence electrons. The van der Waals surface area contributed by atoms with Crippen LogP contribution < -0.4 is 16.4 Å². The topological polar surface area (TPSA) is 97.1 Å². The summed E-state index contributed by atoms with van der Waals surface area (Å²) >= 11 is 0. The average molecular weight is 208 g/mol. The van der Waals surface area contributed by atoms with Gasteiger partial charge in [-0.3, -0.25) is 9.59 Å². The molecule has 6 heteroatoms. The van der Waals surface area contributed by atoms with Gasteiger partial charge in [-0.1, -0.05) is 0 Å². The highest BCUT2D eigenvalue weighted by molar-refractivity contribution is 5.99. The van der Waals surface area contributed by atoms with Crippen molar-refractivity contribution in [3.63, 3.8) is 0 Å². The molecular weight excluding hydrogens is 196 g/mol. The van der Waals surface area contributed by atoms with Gasteiger partial charge in [0, 0.05) is 13.2 Å². The number of hydrogen-bond acceptors (Lipinski definition) is 4. The van der Waals surface area contributed by atoms with Gasteiger partial charge in [0.25, 0.3) is 5.91 Å². The number of carbonyl (C=O) groups is 2. The highest BCUT2D eigenvalue weighted by Gasteiger charge is 2.10. The third-order valence-electron chi connectivity index (χ3n) is 1.77. The van der Waals surface area contributed by atoms with Crippen molar-refractivity contribution in [2.75, 3.05) is 19.3 Å². The maximum Gasteiger partial charge on any atom is 0.255 e. The molecule has 0 aliphatic carbocycles. The normalized spacial score (nSPS) is 9.40. The van der Waals surface area contributed by atoms with Crippen molar-refractivity contribution in [1.82, 2.24) is 15.6 Å². The van der Waals surface area contributed by atoms with E-state index in [-0.39, 0.29) is 23.8 Å². The first kappa shape index (κ1) is 11.0. The van der Waals surface area contributed by atoms with E-state index < -0.39 is 5.91 Å². The van der Waals surface area contributed by atoms with Crippen LogP contribution in [-0.2, 0) is 4.79 Å². The van der Waals surface area contributed by atoms with E-state index in [4.69, 9.17) is 5.73 Å². The fraction of sp³-hybridized carbons (Fsp3) is 0.222. The second-order valence-corrected chi connectivity index (χ2v) is 2.79. The highest BCUT2D eigenvalue weighted by Crippen LogP contribution is 2.05. The zero-order chi connectivity index (χ0) is 11.3. The van der Waals surface area contributed by atoms with Gasteiger partial charge >= 0.3 is 0 Å². The molecule has 0 saturated carbocycles. The number of nitrogen functional groups attached to an aromatic ring is 1. The Bertz CT molecular complexity index is 378. The van der Waals surface area contributed by atoms with Crippen LogP contribution in [0.2, 0.25) is 0 Å². The van der Waals surface area contributed by atoms with Crippen LogP contribution in [0.1, 0.15) is 10.4 Å². The number of carbonyl (C=O) groups excluding carboxylic acids is 2. The largest absolute Gasteiger partial charge is 0.383 e. The zero-order valence-electron chi connectivity index (χ0n) is 8.28. The van der Waals surface area contributed by atoms with Crippen LogP contribution in [0.4, 0.5) is 5.82 Å². The van der Waals surface area contributed by atoms with E-state index in [0.717, 1.165) is 0 Å². The molecule has 1 heterocycles. The van der Waals surface area contributed by atoms with Crippen molar-refractivity contribution in [2.45, 2.75) is 0 Å². The van der Waals surface area contributed by atoms with Gasteiger partial charge in [-0.05, 0) is 12.1 Å². The van der Waals surface area contributed by atoms with Gasteiger partial charge in [-0.2, -0.15) is 0 Å². The summed E-state index contributed by atoms with van der Waals surface area (Å²) in [6.45, 7) is -0.0797. The van der Waals surface area contributed by atoms with E-state index in [0.29, 0.717) is 0 Å². The molecule has 0 spiro atoms. The molecule has 0 bridgehead atoms. The molecule has 2 amide bonds. The Morgan fingerprint density at radius 2 is 2.27 bits per heavy atom. The summed E-state index contributed by atoms with van der Waals surface area (Å²) in [5.41, 5.74) is 5.75. The number of rotatable bonds is 3. The number of nitrogens with two attached hydrogens (primary N) is 1. The van der Waals surface area contributed by atoms with E-state index in [1.165, 1.54) is 13.2 Å². The number of nitrogens with one attached hydrogen (secondary N) is 2. The Labute approximate surface area is 86.9 Å². The van der Waals surface area contributed by atoms with E-state index in [2.05, 4.69) is 15.6 Å². The van der Waals surface area contributed by atoms with Gasteiger partial charge < -0.3 is 16.4 Å². The van der Waals surface area contributed by atoms with Crippen LogP contribution >= 0.6 is 0 Å². The van der Waals surface area contributed by atoms with Crippen molar-refractivity contribution in [3.8, 4) is 0 Å².